The molecular weight excluding hydrogens is 240 g/mol. The van der Waals surface area contributed by atoms with Crippen molar-refractivity contribution in [3.8, 4) is 0 Å². The van der Waals surface area contributed by atoms with Crippen LogP contribution in [0.25, 0.3) is 0 Å². The summed E-state index contributed by atoms with van der Waals surface area (Å²) in [5.74, 6) is -0.384. The van der Waals surface area contributed by atoms with Crippen LogP contribution in [0, 0.1) is 0 Å². The zero-order valence-corrected chi connectivity index (χ0v) is 10.9. The van der Waals surface area contributed by atoms with Crippen LogP contribution in [0.3, 0.4) is 0 Å². The number of likely N-dealkylation sites (N-methyl/N-ethyl adjacent to an activating group) is 1. The van der Waals surface area contributed by atoms with E-state index in [4.69, 9.17) is 4.74 Å². The van der Waals surface area contributed by atoms with Gasteiger partial charge in [0, 0.05) is 26.2 Å². The number of aromatic nitrogens is 2. The van der Waals surface area contributed by atoms with E-state index >= 15 is 0 Å². The molecule has 2 rings (SSSR count). The van der Waals surface area contributed by atoms with Gasteiger partial charge in [0.2, 0.25) is 10.1 Å². The van der Waals surface area contributed by atoms with Crippen LogP contribution in [0.1, 0.15) is 16.7 Å². The first-order valence-corrected chi connectivity index (χ1v) is 6.46. The van der Waals surface area contributed by atoms with E-state index in [2.05, 4.69) is 27.0 Å². The smallest absolute Gasteiger partial charge is 0.369 e. The highest BCUT2D eigenvalue weighted by Gasteiger charge is 2.20. The molecule has 0 bridgehead atoms. The van der Waals surface area contributed by atoms with Crippen molar-refractivity contribution >= 4 is 22.4 Å². The zero-order valence-electron chi connectivity index (χ0n) is 10.0. The van der Waals surface area contributed by atoms with Gasteiger partial charge in [-0.05, 0) is 14.0 Å². The molecule has 1 fully saturated rings. The van der Waals surface area contributed by atoms with E-state index in [1.165, 1.54) is 11.3 Å². The van der Waals surface area contributed by atoms with Crippen molar-refractivity contribution in [3.63, 3.8) is 0 Å². The van der Waals surface area contributed by atoms with E-state index in [0.29, 0.717) is 11.6 Å². The predicted octanol–water partition coefficient (Wildman–Crippen LogP) is 0.467. The van der Waals surface area contributed by atoms with Gasteiger partial charge in [-0.15, -0.1) is 10.2 Å². The van der Waals surface area contributed by atoms with Crippen molar-refractivity contribution in [2.45, 2.75) is 6.92 Å². The van der Waals surface area contributed by atoms with Crippen LogP contribution in [0.4, 0.5) is 5.13 Å². The lowest BCUT2D eigenvalue weighted by Gasteiger charge is -2.31. The Labute approximate surface area is 104 Å². The molecule has 0 radical (unpaired) electrons. The van der Waals surface area contributed by atoms with Crippen LogP contribution in [0.15, 0.2) is 0 Å². The molecule has 94 valence electrons. The Kier molecular flexibility index (Phi) is 3.90. The third-order valence-electron chi connectivity index (χ3n) is 2.64. The highest BCUT2D eigenvalue weighted by molar-refractivity contribution is 7.17. The Morgan fingerprint density at radius 1 is 1.35 bits per heavy atom. The number of nitrogens with zero attached hydrogens (tertiary/aromatic N) is 4. The molecule has 0 amide bonds. The van der Waals surface area contributed by atoms with Gasteiger partial charge in [-0.25, -0.2) is 4.79 Å². The maximum absolute atomic E-state index is 11.5. The predicted molar refractivity (Wildman–Crippen MR) is 65.6 cm³/mol. The fourth-order valence-corrected chi connectivity index (χ4v) is 2.41. The highest BCUT2D eigenvalue weighted by atomic mass is 32.1. The third-order valence-corrected chi connectivity index (χ3v) is 3.60. The van der Waals surface area contributed by atoms with Crippen LogP contribution >= 0.6 is 11.3 Å². The number of ether oxygens (including phenoxy) is 1. The second-order valence-electron chi connectivity index (χ2n) is 3.90. The summed E-state index contributed by atoms with van der Waals surface area (Å²) in [6.07, 6.45) is 0. The summed E-state index contributed by atoms with van der Waals surface area (Å²) < 4.78 is 4.89. The van der Waals surface area contributed by atoms with Crippen molar-refractivity contribution in [2.75, 3.05) is 44.7 Å². The fraction of sp³-hybridized carbons (Fsp3) is 0.700. The largest absolute Gasteiger partial charge is 0.461 e. The highest BCUT2D eigenvalue weighted by Crippen LogP contribution is 2.21. The van der Waals surface area contributed by atoms with E-state index in [-0.39, 0.29) is 5.97 Å². The molecule has 1 aromatic rings. The molecule has 1 saturated heterocycles. The first-order chi connectivity index (χ1) is 8.20. The van der Waals surface area contributed by atoms with Gasteiger partial charge >= 0.3 is 5.97 Å². The van der Waals surface area contributed by atoms with Crippen LogP contribution in [-0.2, 0) is 4.74 Å². The van der Waals surface area contributed by atoms with Crippen LogP contribution < -0.4 is 4.90 Å². The van der Waals surface area contributed by atoms with Gasteiger partial charge in [0.05, 0.1) is 6.61 Å². The molecule has 1 aliphatic rings. The number of carbonyl (C=O) groups excluding carboxylic acids is 1. The molecule has 1 aromatic heterocycles. The van der Waals surface area contributed by atoms with Crippen molar-refractivity contribution in [3.05, 3.63) is 5.01 Å². The third kappa shape index (κ3) is 2.92. The molecule has 0 aromatic carbocycles. The van der Waals surface area contributed by atoms with E-state index < -0.39 is 0 Å². The van der Waals surface area contributed by atoms with Gasteiger partial charge in [0.1, 0.15) is 0 Å². The molecule has 0 N–H and O–H groups in total. The quantitative estimate of drug-likeness (QED) is 0.733. The second-order valence-corrected chi connectivity index (χ2v) is 4.86. The van der Waals surface area contributed by atoms with Crippen LogP contribution in [0.5, 0.6) is 0 Å². The molecule has 1 aliphatic heterocycles. The number of rotatable bonds is 3. The van der Waals surface area contributed by atoms with Gasteiger partial charge in [-0.3, -0.25) is 0 Å². The van der Waals surface area contributed by atoms with Crippen molar-refractivity contribution in [2.24, 2.45) is 0 Å². The topological polar surface area (TPSA) is 58.6 Å². The lowest BCUT2D eigenvalue weighted by Crippen LogP contribution is -2.44. The van der Waals surface area contributed by atoms with Crippen LogP contribution in [0.2, 0.25) is 0 Å². The monoisotopic (exact) mass is 256 g/mol. The van der Waals surface area contributed by atoms with Gasteiger partial charge in [-0.1, -0.05) is 11.3 Å². The number of piperazine rings is 1. The maximum atomic E-state index is 11.5. The minimum atomic E-state index is -0.384. The number of hydrogen-bond acceptors (Lipinski definition) is 7. The molecule has 17 heavy (non-hydrogen) atoms. The van der Waals surface area contributed by atoms with Crippen LogP contribution in [-0.4, -0.2) is 60.9 Å². The van der Waals surface area contributed by atoms with Crippen molar-refractivity contribution < 1.29 is 9.53 Å². The zero-order chi connectivity index (χ0) is 12.3. The summed E-state index contributed by atoms with van der Waals surface area (Å²) in [4.78, 5) is 15.9. The molecule has 6 nitrogen and oxygen atoms in total. The SMILES string of the molecule is CCOC(=O)c1nnc(N2CCN(C)CC2)s1. The average molecular weight is 256 g/mol. The first-order valence-electron chi connectivity index (χ1n) is 5.65. The Morgan fingerprint density at radius 3 is 2.71 bits per heavy atom. The summed E-state index contributed by atoms with van der Waals surface area (Å²) >= 11 is 1.30. The Morgan fingerprint density at radius 2 is 2.06 bits per heavy atom. The lowest BCUT2D eigenvalue weighted by molar-refractivity contribution is 0.0525. The summed E-state index contributed by atoms with van der Waals surface area (Å²) in [5, 5.41) is 9.05. The normalized spacial score (nSPS) is 17.2. The summed E-state index contributed by atoms with van der Waals surface area (Å²) in [5.41, 5.74) is 0. The Balaban J connectivity index is 2.00. The van der Waals surface area contributed by atoms with Gasteiger partial charge in [-0.2, -0.15) is 0 Å². The van der Waals surface area contributed by atoms with Gasteiger partial charge < -0.3 is 14.5 Å². The standard InChI is InChI=1S/C10H16N4O2S/c1-3-16-9(15)8-11-12-10(17-8)14-6-4-13(2)5-7-14/h3-7H2,1-2H3. The molecule has 0 spiro atoms. The molecule has 0 unspecified atom stereocenters. The molecule has 2 heterocycles. The molecule has 7 heteroatoms. The van der Waals surface area contributed by atoms with E-state index in [0.717, 1.165) is 31.3 Å². The number of hydrogen-bond donors (Lipinski definition) is 0. The molecule has 0 atom stereocenters. The summed E-state index contributed by atoms with van der Waals surface area (Å²) in [6.45, 7) is 6.01. The van der Waals surface area contributed by atoms with Crippen molar-refractivity contribution in [1.82, 2.24) is 15.1 Å². The van der Waals surface area contributed by atoms with Gasteiger partial charge in [0.15, 0.2) is 0 Å². The Hall–Kier alpha value is -1.21. The number of carbonyl (C=O) groups is 1. The van der Waals surface area contributed by atoms with Gasteiger partial charge in [0.25, 0.3) is 0 Å². The lowest BCUT2D eigenvalue weighted by atomic mass is 10.3. The van der Waals surface area contributed by atoms with Crippen molar-refractivity contribution in [1.29, 1.82) is 0 Å². The van der Waals surface area contributed by atoms with E-state index in [1.54, 1.807) is 6.92 Å². The minimum Gasteiger partial charge on any atom is -0.461 e. The minimum absolute atomic E-state index is 0.334. The maximum Gasteiger partial charge on any atom is 0.369 e. The molecule has 0 aliphatic carbocycles. The number of anilines is 1. The van der Waals surface area contributed by atoms with E-state index in [1.807, 2.05) is 0 Å². The van der Waals surface area contributed by atoms with E-state index in [9.17, 15) is 4.79 Å². The summed E-state index contributed by atoms with van der Waals surface area (Å²) in [6, 6.07) is 0. The first kappa shape index (κ1) is 12.3. The summed E-state index contributed by atoms with van der Waals surface area (Å²) in [7, 11) is 2.10. The molecular formula is C10H16N4O2S. The average Bonchev–Trinajstić information content (AvgIpc) is 2.80. The Bertz CT molecular complexity index is 387. The second kappa shape index (κ2) is 5.42. The molecule has 0 saturated carbocycles. The number of esters is 1. The fourth-order valence-electron chi connectivity index (χ4n) is 1.62.